The van der Waals surface area contributed by atoms with E-state index in [2.05, 4.69) is 34.2 Å². The topological polar surface area (TPSA) is 67.8 Å². The minimum absolute atomic E-state index is 0.250. The molecule has 0 aliphatic heterocycles. The second kappa shape index (κ2) is 9.67. The van der Waals surface area contributed by atoms with Gasteiger partial charge in [-0.05, 0) is 60.4 Å². The van der Waals surface area contributed by atoms with E-state index in [4.69, 9.17) is 9.47 Å². The molecule has 0 aromatic heterocycles. The highest BCUT2D eigenvalue weighted by Gasteiger charge is 2.12. The Balaban J connectivity index is 1.76. The van der Waals surface area contributed by atoms with Crippen LogP contribution < -0.4 is 14.8 Å². The molecule has 3 aromatic carbocycles. The maximum atomic E-state index is 11.2. The molecule has 0 atom stereocenters. The first-order chi connectivity index (χ1) is 14.4. The summed E-state index contributed by atoms with van der Waals surface area (Å²) < 4.78 is 12.4. The Morgan fingerprint density at radius 2 is 1.77 bits per heavy atom. The lowest BCUT2D eigenvalue weighted by atomic mass is 10.1. The number of carboxylic acids is 1. The summed E-state index contributed by atoms with van der Waals surface area (Å²) >= 11 is 3.61. The third kappa shape index (κ3) is 5.13. The van der Waals surface area contributed by atoms with Crippen LogP contribution in [0.25, 0.3) is 0 Å². The number of methoxy groups -OCH3 is 1. The van der Waals surface area contributed by atoms with Crippen molar-refractivity contribution < 1.29 is 19.4 Å². The third-order valence-corrected chi connectivity index (χ3v) is 5.67. The zero-order chi connectivity index (χ0) is 21.7. The largest absolute Gasteiger partial charge is 0.493 e. The van der Waals surface area contributed by atoms with Crippen LogP contribution in [0.5, 0.6) is 11.5 Å². The van der Waals surface area contributed by atoms with Crippen molar-refractivity contribution in [2.45, 2.75) is 27.0 Å². The zero-order valence-corrected chi connectivity index (χ0v) is 18.7. The summed E-state index contributed by atoms with van der Waals surface area (Å²) in [6, 6.07) is 17.0. The van der Waals surface area contributed by atoms with Crippen LogP contribution in [0.1, 0.15) is 32.6 Å². The molecule has 6 heteroatoms. The van der Waals surface area contributed by atoms with Gasteiger partial charge in [-0.3, -0.25) is 0 Å². The van der Waals surface area contributed by atoms with Crippen LogP contribution in [0.2, 0.25) is 0 Å². The van der Waals surface area contributed by atoms with Gasteiger partial charge in [0.2, 0.25) is 0 Å². The molecule has 0 fully saturated rings. The van der Waals surface area contributed by atoms with Crippen LogP contribution in [-0.4, -0.2) is 18.2 Å². The molecule has 156 valence electrons. The van der Waals surface area contributed by atoms with Crippen LogP contribution >= 0.6 is 15.9 Å². The van der Waals surface area contributed by atoms with Gasteiger partial charge in [-0.1, -0.05) is 46.3 Å². The fraction of sp³-hybridized carbons (Fsp3) is 0.208. The van der Waals surface area contributed by atoms with Crippen molar-refractivity contribution in [3.05, 3.63) is 86.9 Å². The van der Waals surface area contributed by atoms with Gasteiger partial charge in [-0.25, -0.2) is 4.79 Å². The molecule has 0 unspecified atom stereocenters. The molecule has 0 spiro atoms. The van der Waals surface area contributed by atoms with Crippen LogP contribution in [-0.2, 0) is 13.2 Å². The van der Waals surface area contributed by atoms with Gasteiger partial charge in [-0.2, -0.15) is 0 Å². The maximum Gasteiger partial charge on any atom is 0.335 e. The van der Waals surface area contributed by atoms with Crippen molar-refractivity contribution in [3.63, 3.8) is 0 Å². The van der Waals surface area contributed by atoms with E-state index < -0.39 is 5.97 Å². The summed E-state index contributed by atoms with van der Waals surface area (Å²) in [5, 5.41) is 12.5. The highest BCUT2D eigenvalue weighted by atomic mass is 79.9. The summed E-state index contributed by atoms with van der Waals surface area (Å²) in [6.45, 7) is 4.95. The number of aryl methyl sites for hydroxylation is 2. The smallest absolute Gasteiger partial charge is 0.335 e. The average molecular weight is 470 g/mol. The van der Waals surface area contributed by atoms with E-state index in [-0.39, 0.29) is 5.56 Å². The van der Waals surface area contributed by atoms with Gasteiger partial charge in [0.25, 0.3) is 0 Å². The van der Waals surface area contributed by atoms with E-state index in [1.165, 1.54) is 5.56 Å². The summed E-state index contributed by atoms with van der Waals surface area (Å²) in [7, 11) is 1.61. The number of anilines is 1. The van der Waals surface area contributed by atoms with Crippen molar-refractivity contribution in [2.24, 2.45) is 0 Å². The summed E-state index contributed by atoms with van der Waals surface area (Å²) in [4.78, 5) is 11.2. The minimum Gasteiger partial charge on any atom is -0.493 e. The summed E-state index contributed by atoms with van der Waals surface area (Å²) in [6.07, 6.45) is 0. The van der Waals surface area contributed by atoms with Gasteiger partial charge < -0.3 is 19.9 Å². The normalized spacial score (nSPS) is 10.5. The molecule has 0 aliphatic carbocycles. The van der Waals surface area contributed by atoms with E-state index in [1.807, 2.05) is 37.3 Å². The van der Waals surface area contributed by atoms with Crippen molar-refractivity contribution >= 4 is 27.6 Å². The fourth-order valence-corrected chi connectivity index (χ4v) is 3.51. The molecule has 3 rings (SSSR count). The molecule has 0 saturated carbocycles. The highest BCUT2D eigenvalue weighted by Crippen LogP contribution is 2.35. The quantitative estimate of drug-likeness (QED) is 0.425. The predicted octanol–water partition coefficient (Wildman–Crippen LogP) is 5.96. The lowest BCUT2D eigenvalue weighted by Gasteiger charge is -2.16. The molecule has 0 saturated heterocycles. The standard InChI is InChI=1S/C24H24BrNO4/c1-15-6-4-5-7-18(15)14-30-23-12-20(25)19(11-22(23)29-3)13-26-21-10-17(24(27)28)9-8-16(21)2/h4-12,26H,13-14H2,1-3H3,(H,27,28). The third-order valence-electron chi connectivity index (χ3n) is 4.93. The molecule has 5 nitrogen and oxygen atoms in total. The van der Waals surface area contributed by atoms with Gasteiger partial charge in [-0.15, -0.1) is 0 Å². The first-order valence-electron chi connectivity index (χ1n) is 9.50. The number of hydrogen-bond acceptors (Lipinski definition) is 4. The predicted molar refractivity (Wildman–Crippen MR) is 122 cm³/mol. The number of hydrogen-bond donors (Lipinski definition) is 2. The molecular formula is C24H24BrNO4. The van der Waals surface area contributed by atoms with E-state index in [0.29, 0.717) is 24.7 Å². The maximum absolute atomic E-state index is 11.2. The first kappa shape index (κ1) is 21.7. The number of aromatic carboxylic acids is 1. The van der Waals surface area contributed by atoms with Crippen LogP contribution in [0.15, 0.2) is 59.1 Å². The molecule has 0 bridgehead atoms. The molecule has 3 aromatic rings. The van der Waals surface area contributed by atoms with Crippen molar-refractivity contribution in [3.8, 4) is 11.5 Å². The van der Waals surface area contributed by atoms with Gasteiger partial charge in [0.05, 0.1) is 12.7 Å². The number of rotatable bonds is 8. The number of halogens is 1. The van der Waals surface area contributed by atoms with E-state index in [9.17, 15) is 9.90 Å². The van der Waals surface area contributed by atoms with Crippen LogP contribution in [0.4, 0.5) is 5.69 Å². The lowest BCUT2D eigenvalue weighted by Crippen LogP contribution is -2.05. The second-order valence-corrected chi connectivity index (χ2v) is 7.85. The number of carboxylic acid groups (broad SMARTS) is 1. The van der Waals surface area contributed by atoms with Crippen LogP contribution in [0, 0.1) is 13.8 Å². The van der Waals surface area contributed by atoms with Crippen molar-refractivity contribution in [1.82, 2.24) is 0 Å². The van der Waals surface area contributed by atoms with E-state index in [1.54, 1.807) is 25.3 Å². The monoisotopic (exact) mass is 469 g/mol. The van der Waals surface area contributed by atoms with Crippen LogP contribution in [0.3, 0.4) is 0 Å². The molecule has 0 heterocycles. The Morgan fingerprint density at radius 3 is 2.47 bits per heavy atom. The van der Waals surface area contributed by atoms with Crippen molar-refractivity contribution in [2.75, 3.05) is 12.4 Å². The summed E-state index contributed by atoms with van der Waals surface area (Å²) in [5.74, 6) is 0.344. The second-order valence-electron chi connectivity index (χ2n) is 7.00. The van der Waals surface area contributed by atoms with Gasteiger partial charge >= 0.3 is 5.97 Å². The van der Waals surface area contributed by atoms with Gasteiger partial charge in [0, 0.05) is 16.7 Å². The SMILES string of the molecule is COc1cc(CNc2cc(C(=O)O)ccc2C)c(Br)cc1OCc1ccccc1C. The zero-order valence-electron chi connectivity index (χ0n) is 17.2. The molecule has 30 heavy (non-hydrogen) atoms. The Hall–Kier alpha value is -2.99. The number of carbonyl (C=O) groups is 1. The van der Waals surface area contributed by atoms with Gasteiger partial charge in [0.1, 0.15) is 6.61 Å². The highest BCUT2D eigenvalue weighted by molar-refractivity contribution is 9.10. The lowest BCUT2D eigenvalue weighted by molar-refractivity contribution is 0.0697. The average Bonchev–Trinajstić information content (AvgIpc) is 2.73. The molecule has 2 N–H and O–H groups in total. The van der Waals surface area contributed by atoms with Crippen molar-refractivity contribution in [1.29, 1.82) is 0 Å². The molecule has 0 amide bonds. The first-order valence-corrected chi connectivity index (χ1v) is 10.3. The fourth-order valence-electron chi connectivity index (χ4n) is 3.05. The van der Waals surface area contributed by atoms with Gasteiger partial charge in [0.15, 0.2) is 11.5 Å². The Morgan fingerprint density at radius 1 is 1.00 bits per heavy atom. The Bertz CT molecular complexity index is 1070. The number of benzene rings is 3. The molecular weight excluding hydrogens is 446 g/mol. The Kier molecular flexibility index (Phi) is 7.00. The number of nitrogens with one attached hydrogen (secondary N) is 1. The summed E-state index contributed by atoms with van der Waals surface area (Å²) in [5.41, 5.74) is 5.27. The molecule has 0 radical (unpaired) electrons. The van der Waals surface area contributed by atoms with E-state index >= 15 is 0 Å². The number of ether oxygens (including phenoxy) is 2. The Labute approximate surface area is 184 Å². The van der Waals surface area contributed by atoms with E-state index in [0.717, 1.165) is 26.9 Å². The molecule has 0 aliphatic rings. The minimum atomic E-state index is -0.948.